The van der Waals surface area contributed by atoms with Gasteiger partial charge in [-0.1, -0.05) is 12.6 Å². The lowest BCUT2D eigenvalue weighted by Gasteiger charge is -2.35. The van der Waals surface area contributed by atoms with Crippen LogP contribution >= 0.6 is 0 Å². The monoisotopic (exact) mass is 416 g/mol. The van der Waals surface area contributed by atoms with Crippen molar-refractivity contribution >= 4 is 5.69 Å². The second-order valence-corrected chi connectivity index (χ2v) is 8.53. The Bertz CT molecular complexity index is 939. The minimum absolute atomic E-state index is 0.532. The third kappa shape index (κ3) is 5.21. The van der Waals surface area contributed by atoms with Gasteiger partial charge in [0.25, 0.3) is 0 Å². The Morgan fingerprint density at radius 3 is 2.61 bits per heavy atom. The first-order valence-electron chi connectivity index (χ1n) is 11.2. The highest BCUT2D eigenvalue weighted by atomic mass is 16.5. The number of nitriles is 1. The number of methoxy groups -OCH3 is 1. The van der Waals surface area contributed by atoms with Gasteiger partial charge in [0.1, 0.15) is 5.75 Å². The van der Waals surface area contributed by atoms with Crippen molar-refractivity contribution in [1.82, 2.24) is 10.2 Å². The number of nitrogens with one attached hydrogen (secondary N) is 1. The van der Waals surface area contributed by atoms with E-state index >= 15 is 0 Å². The van der Waals surface area contributed by atoms with Gasteiger partial charge in [-0.25, -0.2) is 0 Å². The van der Waals surface area contributed by atoms with Crippen molar-refractivity contribution in [2.45, 2.75) is 25.8 Å². The molecular formula is C26H32N4O. The first-order chi connectivity index (χ1) is 15.2. The van der Waals surface area contributed by atoms with Crippen LogP contribution in [0.4, 0.5) is 5.69 Å². The van der Waals surface area contributed by atoms with Crippen LogP contribution in [0, 0.1) is 17.2 Å². The first-order valence-corrected chi connectivity index (χ1v) is 11.2. The van der Waals surface area contributed by atoms with Crippen LogP contribution in [0.3, 0.4) is 0 Å². The number of rotatable bonds is 7. The maximum atomic E-state index is 8.96. The number of piperidine rings is 1. The van der Waals surface area contributed by atoms with E-state index in [4.69, 9.17) is 10.00 Å². The third-order valence-electron chi connectivity index (χ3n) is 6.63. The first kappa shape index (κ1) is 21.3. The molecule has 4 rings (SSSR count). The van der Waals surface area contributed by atoms with Crippen LogP contribution in [-0.2, 0) is 13.0 Å². The zero-order chi connectivity index (χ0) is 21.6. The lowest BCUT2D eigenvalue weighted by Crippen LogP contribution is -2.39. The number of ether oxygens (including phenoxy) is 1. The summed E-state index contributed by atoms with van der Waals surface area (Å²) in [6.07, 6.45) is 3.32. The fourth-order valence-corrected chi connectivity index (χ4v) is 4.66. The molecule has 0 radical (unpaired) electrons. The smallest absolute Gasteiger partial charge is 0.119 e. The molecule has 2 aromatic rings. The summed E-state index contributed by atoms with van der Waals surface area (Å²) in [5, 5.41) is 12.6. The molecule has 1 saturated heterocycles. The van der Waals surface area contributed by atoms with Crippen molar-refractivity contribution in [2.24, 2.45) is 5.92 Å². The van der Waals surface area contributed by atoms with E-state index in [0.29, 0.717) is 11.5 Å². The fourth-order valence-electron chi connectivity index (χ4n) is 4.66. The molecule has 5 nitrogen and oxygen atoms in total. The number of hydrogen-bond acceptors (Lipinski definition) is 5. The van der Waals surface area contributed by atoms with Gasteiger partial charge in [0.2, 0.25) is 0 Å². The minimum Gasteiger partial charge on any atom is -0.497 e. The highest BCUT2D eigenvalue weighted by Gasteiger charge is 2.22. The molecule has 0 saturated carbocycles. The molecule has 0 bridgehead atoms. The summed E-state index contributed by atoms with van der Waals surface area (Å²) in [5.74, 6) is 1.49. The van der Waals surface area contributed by atoms with Crippen molar-refractivity contribution in [3.63, 3.8) is 0 Å². The summed E-state index contributed by atoms with van der Waals surface area (Å²) < 4.78 is 5.35. The van der Waals surface area contributed by atoms with E-state index in [-0.39, 0.29) is 0 Å². The van der Waals surface area contributed by atoms with Crippen LogP contribution < -0.4 is 15.0 Å². The van der Waals surface area contributed by atoms with E-state index in [2.05, 4.69) is 58.1 Å². The molecule has 0 atom stereocenters. The SMILES string of the molecule is C=C(NCCN1CCc2cc(OC)ccc2C1)C1CCN(c2ccc(C#N)cc2)CC1. The van der Waals surface area contributed by atoms with E-state index in [1.807, 2.05) is 12.1 Å². The zero-order valence-electron chi connectivity index (χ0n) is 18.4. The number of fused-ring (bicyclic) bond motifs is 1. The molecule has 0 spiro atoms. The quantitative estimate of drug-likeness (QED) is 0.741. The number of allylic oxidation sites excluding steroid dienone is 1. The summed E-state index contributed by atoms with van der Waals surface area (Å²) in [5.41, 5.74) is 5.94. The molecule has 0 unspecified atom stereocenters. The molecule has 2 aromatic carbocycles. The van der Waals surface area contributed by atoms with Crippen molar-refractivity contribution in [3.8, 4) is 11.8 Å². The molecule has 2 aliphatic heterocycles. The van der Waals surface area contributed by atoms with E-state index in [9.17, 15) is 0 Å². The van der Waals surface area contributed by atoms with Crippen molar-refractivity contribution in [2.75, 3.05) is 44.7 Å². The molecule has 162 valence electrons. The van der Waals surface area contributed by atoms with Crippen LogP contribution in [0.1, 0.15) is 29.5 Å². The number of hydrogen-bond donors (Lipinski definition) is 1. The average molecular weight is 417 g/mol. The summed E-state index contributed by atoms with van der Waals surface area (Å²) in [6, 6.07) is 16.5. The Kier molecular flexibility index (Phi) is 6.79. The molecule has 0 aliphatic carbocycles. The fraction of sp³-hybridized carbons (Fsp3) is 0.423. The van der Waals surface area contributed by atoms with Crippen molar-refractivity contribution in [3.05, 3.63) is 71.4 Å². The summed E-state index contributed by atoms with van der Waals surface area (Å²) in [7, 11) is 1.73. The Morgan fingerprint density at radius 2 is 1.90 bits per heavy atom. The van der Waals surface area contributed by atoms with Crippen molar-refractivity contribution in [1.29, 1.82) is 5.26 Å². The number of benzene rings is 2. The second-order valence-electron chi connectivity index (χ2n) is 8.53. The molecule has 2 heterocycles. The van der Waals surface area contributed by atoms with E-state index in [1.165, 1.54) is 22.5 Å². The zero-order valence-corrected chi connectivity index (χ0v) is 18.4. The topological polar surface area (TPSA) is 51.5 Å². The van der Waals surface area contributed by atoms with Crippen LogP contribution in [0.2, 0.25) is 0 Å². The summed E-state index contributed by atoms with van der Waals surface area (Å²) in [6.45, 7) is 10.5. The standard InChI is InChI=1S/C26H32N4O/c1-20(22-10-14-30(15-11-22)25-6-3-21(18-27)4-7-25)28-12-16-29-13-9-23-17-26(31-2)8-5-24(23)19-29/h3-8,17,22,28H,1,9-16,19H2,2H3. The van der Waals surface area contributed by atoms with Crippen LogP contribution in [0.5, 0.6) is 5.75 Å². The molecule has 5 heteroatoms. The number of nitrogens with zero attached hydrogens (tertiary/aromatic N) is 3. The third-order valence-corrected chi connectivity index (χ3v) is 6.63. The maximum Gasteiger partial charge on any atom is 0.119 e. The van der Waals surface area contributed by atoms with Crippen molar-refractivity contribution < 1.29 is 4.74 Å². The lowest BCUT2D eigenvalue weighted by molar-refractivity contribution is 0.254. The lowest BCUT2D eigenvalue weighted by atomic mass is 9.93. The van der Waals surface area contributed by atoms with Crippen LogP contribution in [-0.4, -0.2) is 44.7 Å². The molecule has 0 amide bonds. The normalized spacial score (nSPS) is 17.0. The molecule has 1 N–H and O–H groups in total. The van der Waals surface area contributed by atoms with Gasteiger partial charge in [-0.2, -0.15) is 5.26 Å². The maximum absolute atomic E-state index is 8.96. The average Bonchev–Trinajstić information content (AvgIpc) is 2.83. The molecular weight excluding hydrogens is 384 g/mol. The number of anilines is 1. The predicted octanol–water partition coefficient (Wildman–Crippen LogP) is 3.94. The van der Waals surface area contributed by atoms with Crippen LogP contribution in [0.15, 0.2) is 54.7 Å². The van der Waals surface area contributed by atoms with Gasteiger partial charge in [0, 0.05) is 56.6 Å². The van der Waals surface area contributed by atoms with Gasteiger partial charge in [0.05, 0.1) is 18.7 Å². The van der Waals surface area contributed by atoms with Gasteiger partial charge in [-0.15, -0.1) is 0 Å². The van der Waals surface area contributed by atoms with E-state index < -0.39 is 0 Å². The largest absolute Gasteiger partial charge is 0.497 e. The van der Waals surface area contributed by atoms with E-state index in [1.54, 1.807) is 7.11 Å². The summed E-state index contributed by atoms with van der Waals surface area (Å²) >= 11 is 0. The predicted molar refractivity (Wildman–Crippen MR) is 125 cm³/mol. The van der Waals surface area contributed by atoms with E-state index in [0.717, 1.165) is 64.3 Å². The minimum atomic E-state index is 0.532. The van der Waals surface area contributed by atoms with Gasteiger partial charge in [-0.05, 0) is 66.8 Å². The Balaban J connectivity index is 1.19. The van der Waals surface area contributed by atoms with Gasteiger partial charge in [0.15, 0.2) is 0 Å². The molecule has 0 aromatic heterocycles. The Hall–Kier alpha value is -2.97. The summed E-state index contributed by atoms with van der Waals surface area (Å²) in [4.78, 5) is 4.92. The molecule has 2 aliphatic rings. The molecule has 31 heavy (non-hydrogen) atoms. The Morgan fingerprint density at radius 1 is 1.13 bits per heavy atom. The van der Waals surface area contributed by atoms with Gasteiger partial charge in [-0.3, -0.25) is 4.90 Å². The highest BCUT2D eigenvalue weighted by Crippen LogP contribution is 2.27. The Labute approximate surface area is 185 Å². The highest BCUT2D eigenvalue weighted by molar-refractivity contribution is 5.50. The van der Waals surface area contributed by atoms with Gasteiger partial charge < -0.3 is 15.0 Å². The van der Waals surface area contributed by atoms with Gasteiger partial charge >= 0.3 is 0 Å². The van der Waals surface area contributed by atoms with Crippen LogP contribution in [0.25, 0.3) is 0 Å². The molecule has 1 fully saturated rings. The second kappa shape index (κ2) is 9.89.